The van der Waals surface area contributed by atoms with Gasteiger partial charge in [-0.1, -0.05) is 17.7 Å². The molecule has 0 aliphatic rings. The van der Waals surface area contributed by atoms with E-state index in [1.165, 1.54) is 4.57 Å². The fourth-order valence-corrected chi connectivity index (χ4v) is 2.63. The molecule has 0 bridgehead atoms. The smallest absolute Gasteiger partial charge is 0.408 e. The highest BCUT2D eigenvalue weighted by Gasteiger charge is 2.10. The van der Waals surface area contributed by atoms with Gasteiger partial charge in [-0.25, -0.2) is 9.59 Å². The Hall–Kier alpha value is -2.73. The highest BCUT2D eigenvalue weighted by molar-refractivity contribution is 6.31. The molecule has 0 saturated carbocycles. The summed E-state index contributed by atoms with van der Waals surface area (Å²) in [5, 5.41) is 6.00. The maximum absolute atomic E-state index is 12.1. The Morgan fingerprint density at radius 2 is 2.00 bits per heavy atom. The van der Waals surface area contributed by atoms with Gasteiger partial charge in [-0.3, -0.25) is 4.57 Å². The zero-order chi connectivity index (χ0) is 17.3. The van der Waals surface area contributed by atoms with Crippen molar-refractivity contribution in [1.29, 1.82) is 0 Å². The second-order valence-corrected chi connectivity index (χ2v) is 5.77. The van der Waals surface area contributed by atoms with Crippen LogP contribution in [0, 0.1) is 6.92 Å². The lowest BCUT2D eigenvalue weighted by Crippen LogP contribution is -2.19. The van der Waals surface area contributed by atoms with Crippen molar-refractivity contribution >= 4 is 40.1 Å². The van der Waals surface area contributed by atoms with Crippen LogP contribution in [-0.2, 0) is 6.54 Å². The largest absolute Gasteiger partial charge is 0.419 e. The van der Waals surface area contributed by atoms with E-state index in [-0.39, 0.29) is 0 Å². The molecule has 1 heterocycles. The molecule has 1 aromatic heterocycles. The Morgan fingerprint density at radius 1 is 1.21 bits per heavy atom. The molecule has 2 N–H and O–H groups in total. The van der Waals surface area contributed by atoms with Gasteiger partial charge in [-0.05, 0) is 43.7 Å². The fourth-order valence-electron chi connectivity index (χ4n) is 2.46. The molecule has 124 valence electrons. The summed E-state index contributed by atoms with van der Waals surface area (Å²) in [5.74, 6) is -0.413. The maximum atomic E-state index is 12.1. The molecule has 3 aromatic rings. The molecule has 0 saturated heterocycles. The molecule has 0 fully saturated rings. The molecular formula is C17H16ClN3O3. The van der Waals surface area contributed by atoms with E-state index in [0.717, 1.165) is 5.56 Å². The molecule has 7 heteroatoms. The standard InChI is InChI=1S/C17H16ClN3O3/c1-3-21-14-7-6-12(9-15(14)24-17(21)23)19-16(22)20-13-8-11(18)5-4-10(13)2/h4-9H,3H2,1-2H3,(H2,19,20,22). The van der Waals surface area contributed by atoms with Gasteiger partial charge in [0, 0.05) is 29.0 Å². The number of aryl methyl sites for hydroxylation is 2. The summed E-state index contributed by atoms with van der Waals surface area (Å²) in [6.07, 6.45) is 0. The number of amides is 2. The minimum Gasteiger partial charge on any atom is -0.408 e. The minimum atomic E-state index is -0.413. The number of hydrogen-bond donors (Lipinski definition) is 2. The maximum Gasteiger partial charge on any atom is 0.419 e. The van der Waals surface area contributed by atoms with E-state index in [0.29, 0.717) is 34.0 Å². The van der Waals surface area contributed by atoms with Crippen molar-refractivity contribution in [2.45, 2.75) is 20.4 Å². The Balaban J connectivity index is 1.80. The number of hydrogen-bond acceptors (Lipinski definition) is 3. The van der Waals surface area contributed by atoms with Crippen LogP contribution >= 0.6 is 11.6 Å². The van der Waals surface area contributed by atoms with E-state index in [2.05, 4.69) is 10.6 Å². The molecule has 0 spiro atoms. The summed E-state index contributed by atoms with van der Waals surface area (Å²) in [7, 11) is 0. The van der Waals surface area contributed by atoms with Crippen molar-refractivity contribution < 1.29 is 9.21 Å². The number of nitrogens with zero attached hydrogens (tertiary/aromatic N) is 1. The zero-order valence-electron chi connectivity index (χ0n) is 13.2. The van der Waals surface area contributed by atoms with Gasteiger partial charge in [-0.2, -0.15) is 0 Å². The summed E-state index contributed by atoms with van der Waals surface area (Å²) in [4.78, 5) is 23.8. The lowest BCUT2D eigenvalue weighted by atomic mass is 10.2. The van der Waals surface area contributed by atoms with Crippen molar-refractivity contribution in [3.8, 4) is 0 Å². The van der Waals surface area contributed by atoms with E-state index >= 15 is 0 Å². The predicted molar refractivity (Wildman–Crippen MR) is 95.0 cm³/mol. The van der Waals surface area contributed by atoms with Crippen LogP contribution in [0.4, 0.5) is 16.2 Å². The zero-order valence-corrected chi connectivity index (χ0v) is 14.0. The SMILES string of the molecule is CCn1c(=O)oc2cc(NC(=O)Nc3cc(Cl)ccc3C)ccc21. The van der Waals surface area contributed by atoms with Gasteiger partial charge in [0.1, 0.15) is 0 Å². The third kappa shape index (κ3) is 3.14. The topological polar surface area (TPSA) is 76.3 Å². The third-order valence-corrected chi connectivity index (χ3v) is 3.93. The third-order valence-electron chi connectivity index (χ3n) is 3.69. The quantitative estimate of drug-likeness (QED) is 0.746. The van der Waals surface area contributed by atoms with Crippen molar-refractivity contribution in [1.82, 2.24) is 4.57 Å². The average Bonchev–Trinajstić information content (AvgIpc) is 2.85. The Morgan fingerprint density at radius 3 is 2.75 bits per heavy atom. The van der Waals surface area contributed by atoms with Gasteiger partial charge < -0.3 is 15.1 Å². The molecule has 24 heavy (non-hydrogen) atoms. The normalized spacial score (nSPS) is 10.8. The van der Waals surface area contributed by atoms with Gasteiger partial charge >= 0.3 is 11.8 Å². The second kappa shape index (κ2) is 6.41. The van der Waals surface area contributed by atoms with E-state index in [4.69, 9.17) is 16.0 Å². The summed E-state index contributed by atoms with van der Waals surface area (Å²) in [5.41, 5.74) is 3.18. The van der Waals surface area contributed by atoms with Crippen molar-refractivity contribution in [2.24, 2.45) is 0 Å². The molecule has 0 atom stereocenters. The van der Waals surface area contributed by atoms with E-state index in [1.807, 2.05) is 19.9 Å². The van der Waals surface area contributed by atoms with E-state index in [1.54, 1.807) is 30.3 Å². The molecule has 0 aliphatic carbocycles. The van der Waals surface area contributed by atoms with E-state index < -0.39 is 11.8 Å². The average molecular weight is 346 g/mol. The second-order valence-electron chi connectivity index (χ2n) is 5.33. The molecule has 3 rings (SSSR count). The van der Waals surface area contributed by atoms with Crippen LogP contribution < -0.4 is 16.4 Å². The number of halogens is 1. The highest BCUT2D eigenvalue weighted by Crippen LogP contribution is 2.21. The van der Waals surface area contributed by atoms with Gasteiger partial charge in [0.05, 0.1) is 5.52 Å². The number of fused-ring (bicyclic) bond motifs is 1. The van der Waals surface area contributed by atoms with Crippen LogP contribution in [-0.4, -0.2) is 10.6 Å². The van der Waals surface area contributed by atoms with Gasteiger partial charge in [0.15, 0.2) is 5.58 Å². The number of benzene rings is 2. The lowest BCUT2D eigenvalue weighted by Gasteiger charge is -2.10. The number of urea groups is 1. The number of oxazole rings is 1. The predicted octanol–water partition coefficient (Wildman–Crippen LogP) is 4.22. The van der Waals surface area contributed by atoms with Crippen molar-refractivity contribution in [3.63, 3.8) is 0 Å². The van der Waals surface area contributed by atoms with Crippen LogP contribution in [0.15, 0.2) is 45.6 Å². The first-order chi connectivity index (χ1) is 11.5. The van der Waals surface area contributed by atoms with E-state index in [9.17, 15) is 9.59 Å². The molecule has 2 aromatic carbocycles. The Bertz CT molecular complexity index is 975. The molecule has 2 amide bonds. The summed E-state index contributed by atoms with van der Waals surface area (Å²) < 4.78 is 6.71. The molecule has 0 unspecified atom stereocenters. The lowest BCUT2D eigenvalue weighted by molar-refractivity contribution is 0.262. The van der Waals surface area contributed by atoms with Crippen LogP contribution in [0.25, 0.3) is 11.1 Å². The number of aromatic nitrogens is 1. The summed E-state index contributed by atoms with van der Waals surface area (Å²) in [6, 6.07) is 9.93. The molecule has 0 aliphatic heterocycles. The summed E-state index contributed by atoms with van der Waals surface area (Å²) >= 11 is 5.94. The van der Waals surface area contributed by atoms with Crippen LogP contribution in [0.2, 0.25) is 5.02 Å². The minimum absolute atomic E-state index is 0.406. The highest BCUT2D eigenvalue weighted by atomic mass is 35.5. The molecule has 6 nitrogen and oxygen atoms in total. The van der Waals surface area contributed by atoms with Crippen molar-refractivity contribution in [3.05, 3.63) is 57.5 Å². The van der Waals surface area contributed by atoms with Crippen LogP contribution in [0.5, 0.6) is 0 Å². The first-order valence-corrected chi connectivity index (χ1v) is 7.83. The Labute approximate surface area is 143 Å². The van der Waals surface area contributed by atoms with Gasteiger partial charge in [0.2, 0.25) is 0 Å². The number of carbonyl (C=O) groups excluding carboxylic acids is 1. The number of anilines is 2. The monoisotopic (exact) mass is 345 g/mol. The number of nitrogens with one attached hydrogen (secondary N) is 2. The van der Waals surface area contributed by atoms with Crippen molar-refractivity contribution in [2.75, 3.05) is 10.6 Å². The summed E-state index contributed by atoms with van der Waals surface area (Å²) in [6.45, 7) is 4.26. The van der Waals surface area contributed by atoms with Gasteiger partial charge in [-0.15, -0.1) is 0 Å². The Kier molecular flexibility index (Phi) is 4.31. The first kappa shape index (κ1) is 16.1. The first-order valence-electron chi connectivity index (χ1n) is 7.45. The fraction of sp³-hybridized carbons (Fsp3) is 0.176. The molecular weight excluding hydrogens is 330 g/mol. The number of carbonyl (C=O) groups is 1. The van der Waals surface area contributed by atoms with Crippen LogP contribution in [0.3, 0.4) is 0 Å². The van der Waals surface area contributed by atoms with Crippen LogP contribution in [0.1, 0.15) is 12.5 Å². The van der Waals surface area contributed by atoms with Gasteiger partial charge in [0.25, 0.3) is 0 Å². The number of rotatable bonds is 3. The molecule has 0 radical (unpaired) electrons.